The lowest BCUT2D eigenvalue weighted by Gasteiger charge is -2.14. The van der Waals surface area contributed by atoms with Gasteiger partial charge in [0.25, 0.3) is 5.69 Å². The maximum atomic E-state index is 12.3. The molecule has 0 radical (unpaired) electrons. The summed E-state index contributed by atoms with van der Waals surface area (Å²) in [5.41, 5.74) is 0.0792. The molecule has 8 heteroatoms. The van der Waals surface area contributed by atoms with E-state index >= 15 is 0 Å². The largest absolute Gasteiger partial charge is 0.380 e. The summed E-state index contributed by atoms with van der Waals surface area (Å²) in [7, 11) is -3.73. The molecule has 0 saturated heterocycles. The van der Waals surface area contributed by atoms with E-state index in [9.17, 15) is 18.5 Å². The Morgan fingerprint density at radius 1 is 1.43 bits per heavy atom. The highest BCUT2D eigenvalue weighted by molar-refractivity contribution is 7.89. The molecule has 0 spiro atoms. The van der Waals surface area contributed by atoms with Gasteiger partial charge in [0.05, 0.1) is 9.82 Å². The van der Waals surface area contributed by atoms with Crippen molar-refractivity contribution in [3.05, 3.63) is 28.3 Å². The minimum atomic E-state index is -3.73. The topological polar surface area (TPSA) is 101 Å². The summed E-state index contributed by atoms with van der Waals surface area (Å²) < 4.78 is 27.1. The van der Waals surface area contributed by atoms with Crippen molar-refractivity contribution in [2.24, 2.45) is 5.92 Å². The smallest absolute Gasteiger partial charge is 0.293 e. The Balaban J connectivity index is 2.30. The standard InChI is InChI=1S/C13H19N3O4S/c1-3-14-12-7-6-11(8-13(12)16(17)18)21(19,20)15-9(2)10-4-5-10/h6-10,14-15H,3-5H2,1-2H3. The summed E-state index contributed by atoms with van der Waals surface area (Å²) in [6.45, 7) is 4.15. The average molecular weight is 313 g/mol. The van der Waals surface area contributed by atoms with Crippen molar-refractivity contribution in [2.45, 2.75) is 37.6 Å². The maximum Gasteiger partial charge on any atom is 0.293 e. The SMILES string of the molecule is CCNc1ccc(S(=O)(=O)NC(C)C2CC2)cc1[N+](=O)[O-]. The maximum absolute atomic E-state index is 12.3. The van der Waals surface area contributed by atoms with Crippen molar-refractivity contribution in [3.8, 4) is 0 Å². The Bertz CT molecular complexity index is 641. The number of nitro groups is 1. The number of benzene rings is 1. The summed E-state index contributed by atoms with van der Waals surface area (Å²) in [5.74, 6) is 0.371. The zero-order chi connectivity index (χ0) is 15.6. The lowest BCUT2D eigenvalue weighted by molar-refractivity contribution is -0.384. The first-order chi connectivity index (χ1) is 9.85. The molecule has 1 fully saturated rings. The summed E-state index contributed by atoms with van der Waals surface area (Å²) in [4.78, 5) is 10.4. The van der Waals surface area contributed by atoms with Crippen molar-refractivity contribution in [3.63, 3.8) is 0 Å². The molecule has 0 heterocycles. The third-order valence-electron chi connectivity index (χ3n) is 3.51. The zero-order valence-electron chi connectivity index (χ0n) is 12.0. The van der Waals surface area contributed by atoms with E-state index in [1.807, 2.05) is 13.8 Å². The lowest BCUT2D eigenvalue weighted by atomic mass is 10.2. The third-order valence-corrected chi connectivity index (χ3v) is 5.07. The van der Waals surface area contributed by atoms with Crippen LogP contribution in [0.2, 0.25) is 0 Å². The highest BCUT2D eigenvalue weighted by atomic mass is 32.2. The predicted molar refractivity (Wildman–Crippen MR) is 79.8 cm³/mol. The highest BCUT2D eigenvalue weighted by Gasteiger charge is 2.31. The van der Waals surface area contributed by atoms with Crippen molar-refractivity contribution >= 4 is 21.4 Å². The molecule has 1 saturated carbocycles. The molecule has 1 unspecified atom stereocenters. The molecule has 1 aliphatic rings. The number of nitrogens with zero attached hydrogens (tertiary/aromatic N) is 1. The van der Waals surface area contributed by atoms with E-state index in [-0.39, 0.29) is 16.6 Å². The van der Waals surface area contributed by atoms with Crippen molar-refractivity contribution in [1.29, 1.82) is 0 Å². The first kappa shape index (κ1) is 15.7. The van der Waals surface area contributed by atoms with Gasteiger partial charge in [0, 0.05) is 18.7 Å². The minimum absolute atomic E-state index is 0.0802. The monoisotopic (exact) mass is 313 g/mol. The van der Waals surface area contributed by atoms with Gasteiger partial charge in [-0.1, -0.05) is 0 Å². The quantitative estimate of drug-likeness (QED) is 0.593. The molecular weight excluding hydrogens is 294 g/mol. The van der Waals surface area contributed by atoms with Gasteiger partial charge in [-0.2, -0.15) is 0 Å². The number of rotatable bonds is 7. The molecule has 2 N–H and O–H groups in total. The summed E-state index contributed by atoms with van der Waals surface area (Å²) in [6, 6.07) is 3.76. The number of sulfonamides is 1. The van der Waals surface area contributed by atoms with Crippen LogP contribution < -0.4 is 10.0 Å². The second kappa shape index (κ2) is 5.98. The predicted octanol–water partition coefficient (Wildman–Crippen LogP) is 2.10. The van der Waals surface area contributed by atoms with E-state index in [0.29, 0.717) is 18.2 Å². The molecule has 1 aliphatic carbocycles. The van der Waals surface area contributed by atoms with Crippen LogP contribution in [0.4, 0.5) is 11.4 Å². The number of hydrogen-bond donors (Lipinski definition) is 2. The van der Waals surface area contributed by atoms with Gasteiger partial charge in [0.1, 0.15) is 5.69 Å². The highest BCUT2D eigenvalue weighted by Crippen LogP contribution is 2.33. The van der Waals surface area contributed by atoms with Crippen LogP contribution in [-0.4, -0.2) is 25.9 Å². The Morgan fingerprint density at radius 2 is 2.10 bits per heavy atom. The van der Waals surface area contributed by atoms with Crippen LogP contribution in [0.5, 0.6) is 0 Å². The van der Waals surface area contributed by atoms with Gasteiger partial charge in [-0.15, -0.1) is 0 Å². The first-order valence-electron chi connectivity index (χ1n) is 6.89. The van der Waals surface area contributed by atoms with E-state index in [4.69, 9.17) is 0 Å². The number of hydrogen-bond acceptors (Lipinski definition) is 5. The number of nitrogens with one attached hydrogen (secondary N) is 2. The molecule has 1 aromatic rings. The molecule has 1 atom stereocenters. The molecular formula is C13H19N3O4S. The summed E-state index contributed by atoms with van der Waals surface area (Å²) in [5, 5.41) is 13.9. The Labute approximate surface area is 123 Å². The molecule has 7 nitrogen and oxygen atoms in total. The second-order valence-corrected chi connectivity index (χ2v) is 6.93. The van der Waals surface area contributed by atoms with E-state index in [1.54, 1.807) is 0 Å². The van der Waals surface area contributed by atoms with Gasteiger partial charge in [-0.3, -0.25) is 10.1 Å². The van der Waals surface area contributed by atoms with Gasteiger partial charge in [-0.05, 0) is 44.7 Å². The van der Waals surface area contributed by atoms with Crippen molar-refractivity contribution in [1.82, 2.24) is 4.72 Å². The Morgan fingerprint density at radius 3 is 2.62 bits per heavy atom. The van der Waals surface area contributed by atoms with Gasteiger partial charge >= 0.3 is 0 Å². The zero-order valence-corrected chi connectivity index (χ0v) is 12.8. The Kier molecular flexibility index (Phi) is 4.48. The first-order valence-corrected chi connectivity index (χ1v) is 8.38. The van der Waals surface area contributed by atoms with Gasteiger partial charge in [-0.25, -0.2) is 13.1 Å². The van der Waals surface area contributed by atoms with Gasteiger partial charge in [0.2, 0.25) is 10.0 Å². The number of anilines is 1. The fourth-order valence-electron chi connectivity index (χ4n) is 2.17. The van der Waals surface area contributed by atoms with Crippen LogP contribution in [0.3, 0.4) is 0 Å². The van der Waals surface area contributed by atoms with E-state index in [2.05, 4.69) is 10.0 Å². The van der Waals surface area contributed by atoms with Crippen LogP contribution in [0, 0.1) is 16.0 Å². The molecule has 1 aromatic carbocycles. The third kappa shape index (κ3) is 3.70. The van der Waals surface area contributed by atoms with E-state index in [1.165, 1.54) is 12.1 Å². The Hall–Kier alpha value is -1.67. The van der Waals surface area contributed by atoms with E-state index < -0.39 is 14.9 Å². The lowest BCUT2D eigenvalue weighted by Crippen LogP contribution is -2.34. The normalized spacial score (nSPS) is 16.5. The summed E-state index contributed by atoms with van der Waals surface area (Å²) in [6.07, 6.45) is 2.03. The summed E-state index contributed by atoms with van der Waals surface area (Å²) >= 11 is 0. The number of nitro benzene ring substituents is 1. The molecule has 2 rings (SSSR count). The molecule has 0 amide bonds. The van der Waals surface area contributed by atoms with Crippen LogP contribution in [-0.2, 0) is 10.0 Å². The van der Waals surface area contributed by atoms with Crippen LogP contribution in [0.25, 0.3) is 0 Å². The molecule has 116 valence electrons. The molecule has 0 aliphatic heterocycles. The molecule has 0 aromatic heterocycles. The van der Waals surface area contributed by atoms with Gasteiger partial charge in [0.15, 0.2) is 0 Å². The van der Waals surface area contributed by atoms with Crippen LogP contribution >= 0.6 is 0 Å². The van der Waals surface area contributed by atoms with E-state index in [0.717, 1.165) is 18.9 Å². The van der Waals surface area contributed by atoms with Crippen LogP contribution in [0.15, 0.2) is 23.1 Å². The van der Waals surface area contributed by atoms with Gasteiger partial charge < -0.3 is 5.32 Å². The average Bonchev–Trinajstić information content (AvgIpc) is 3.22. The minimum Gasteiger partial charge on any atom is -0.380 e. The molecule has 21 heavy (non-hydrogen) atoms. The van der Waals surface area contributed by atoms with Crippen LogP contribution in [0.1, 0.15) is 26.7 Å². The second-order valence-electron chi connectivity index (χ2n) is 5.21. The fraction of sp³-hybridized carbons (Fsp3) is 0.538. The molecule has 0 bridgehead atoms. The van der Waals surface area contributed by atoms with Crippen molar-refractivity contribution in [2.75, 3.05) is 11.9 Å². The van der Waals surface area contributed by atoms with Crippen molar-refractivity contribution < 1.29 is 13.3 Å². The fourth-order valence-corrected chi connectivity index (χ4v) is 3.51.